The van der Waals surface area contributed by atoms with Crippen molar-refractivity contribution < 1.29 is 38.1 Å². The maximum atomic E-state index is 13.3. The molecular formula is C36H50O8. The van der Waals surface area contributed by atoms with E-state index in [0.717, 1.165) is 63.4 Å². The largest absolute Gasteiger partial charge is 0.457 e. The van der Waals surface area contributed by atoms with Crippen LogP contribution in [0.4, 0.5) is 0 Å². The first kappa shape index (κ1) is 36.5. The molecule has 242 valence electrons. The van der Waals surface area contributed by atoms with E-state index in [1.165, 1.54) is 6.07 Å². The second-order valence-corrected chi connectivity index (χ2v) is 11.1. The van der Waals surface area contributed by atoms with Gasteiger partial charge in [0.15, 0.2) is 11.5 Å². The standard InChI is InChI=1S/C36H50O8/c1-5-8-11-17-22-31(37)42-30-25-29(36(40)41-26-28-20-15-14-16-21-28)27(4)34(43-32(38)23-18-12-9-6-2)35(30)44-33(39)24-19-13-10-7-3/h14-16,20-21,25H,5-13,17-19,22-24,26H2,1-4H3. The van der Waals surface area contributed by atoms with Gasteiger partial charge < -0.3 is 18.9 Å². The lowest BCUT2D eigenvalue weighted by Gasteiger charge is -2.19. The number of unbranched alkanes of at least 4 members (excludes halogenated alkanes) is 9. The summed E-state index contributed by atoms with van der Waals surface area (Å²) in [5.41, 5.74) is 1.09. The predicted molar refractivity (Wildman–Crippen MR) is 170 cm³/mol. The van der Waals surface area contributed by atoms with Gasteiger partial charge in [-0.3, -0.25) is 14.4 Å². The van der Waals surface area contributed by atoms with Gasteiger partial charge in [0.1, 0.15) is 6.61 Å². The average Bonchev–Trinajstić information content (AvgIpc) is 3.02. The fraction of sp³-hybridized carbons (Fsp3) is 0.556. The number of hydrogen-bond donors (Lipinski definition) is 0. The van der Waals surface area contributed by atoms with Gasteiger partial charge in [-0.2, -0.15) is 0 Å². The van der Waals surface area contributed by atoms with E-state index < -0.39 is 23.9 Å². The summed E-state index contributed by atoms with van der Waals surface area (Å²) in [6.07, 6.45) is 11.0. The number of carbonyl (C=O) groups is 4. The Labute approximate surface area is 262 Å². The Morgan fingerprint density at radius 2 is 1.07 bits per heavy atom. The van der Waals surface area contributed by atoms with Crippen LogP contribution < -0.4 is 14.2 Å². The first-order chi connectivity index (χ1) is 21.3. The van der Waals surface area contributed by atoms with Crippen LogP contribution in [0.15, 0.2) is 36.4 Å². The lowest BCUT2D eigenvalue weighted by molar-refractivity contribution is -0.138. The van der Waals surface area contributed by atoms with Crippen LogP contribution in [0.3, 0.4) is 0 Å². The lowest BCUT2D eigenvalue weighted by atomic mass is 10.1. The van der Waals surface area contributed by atoms with Crippen LogP contribution in [-0.4, -0.2) is 23.9 Å². The molecule has 0 aliphatic carbocycles. The van der Waals surface area contributed by atoms with Crippen molar-refractivity contribution in [2.45, 2.75) is 131 Å². The number of hydrogen-bond acceptors (Lipinski definition) is 8. The second-order valence-electron chi connectivity index (χ2n) is 11.1. The van der Waals surface area contributed by atoms with Crippen molar-refractivity contribution in [3.05, 3.63) is 53.1 Å². The molecule has 0 radical (unpaired) electrons. The molecule has 0 aliphatic heterocycles. The van der Waals surface area contributed by atoms with Crippen LogP contribution in [-0.2, 0) is 25.7 Å². The normalized spacial score (nSPS) is 10.7. The average molecular weight is 611 g/mol. The SMILES string of the molecule is CCCCCCC(=O)Oc1cc(C(=O)OCc2ccccc2)c(C)c(OC(=O)CCCCCC)c1OC(=O)CCCCCC. The Morgan fingerprint density at radius 1 is 0.591 bits per heavy atom. The van der Waals surface area contributed by atoms with Gasteiger partial charge in [-0.05, 0) is 37.8 Å². The summed E-state index contributed by atoms with van der Waals surface area (Å²) in [6.45, 7) is 7.86. The molecule has 8 heteroatoms. The Kier molecular flexibility index (Phi) is 17.5. The van der Waals surface area contributed by atoms with E-state index in [9.17, 15) is 19.2 Å². The van der Waals surface area contributed by atoms with E-state index in [4.69, 9.17) is 18.9 Å². The number of ether oxygens (including phenoxy) is 4. The molecule has 8 nitrogen and oxygen atoms in total. The first-order valence-electron chi connectivity index (χ1n) is 16.3. The summed E-state index contributed by atoms with van der Waals surface area (Å²) in [5.74, 6) is -2.74. The van der Waals surface area contributed by atoms with E-state index in [-0.39, 0.29) is 54.2 Å². The highest BCUT2D eigenvalue weighted by atomic mass is 16.6. The quantitative estimate of drug-likeness (QED) is 0.0783. The van der Waals surface area contributed by atoms with Crippen molar-refractivity contribution in [2.24, 2.45) is 0 Å². The highest BCUT2D eigenvalue weighted by Crippen LogP contribution is 2.43. The predicted octanol–water partition coefficient (Wildman–Crippen LogP) is 8.98. The fourth-order valence-electron chi connectivity index (χ4n) is 4.61. The minimum atomic E-state index is -0.690. The zero-order valence-electron chi connectivity index (χ0n) is 27.0. The zero-order valence-corrected chi connectivity index (χ0v) is 27.0. The summed E-state index contributed by atoms with van der Waals surface area (Å²) >= 11 is 0. The lowest BCUT2D eigenvalue weighted by Crippen LogP contribution is -2.18. The monoisotopic (exact) mass is 610 g/mol. The van der Waals surface area contributed by atoms with Crippen LogP contribution in [0.5, 0.6) is 17.2 Å². The van der Waals surface area contributed by atoms with Crippen LogP contribution in [0.2, 0.25) is 0 Å². The van der Waals surface area contributed by atoms with Crippen molar-refractivity contribution in [1.29, 1.82) is 0 Å². The molecule has 2 aromatic rings. The highest BCUT2D eigenvalue weighted by Gasteiger charge is 2.28. The zero-order chi connectivity index (χ0) is 32.2. The molecule has 0 heterocycles. The van der Waals surface area contributed by atoms with Crippen LogP contribution in [0, 0.1) is 6.92 Å². The molecule has 2 rings (SSSR count). The summed E-state index contributed by atoms with van der Waals surface area (Å²) in [7, 11) is 0. The van der Waals surface area contributed by atoms with E-state index >= 15 is 0 Å². The minimum absolute atomic E-state index is 0.0205. The molecule has 0 saturated carbocycles. The number of carbonyl (C=O) groups excluding carboxylic acids is 4. The second kappa shape index (κ2) is 21.1. The van der Waals surface area contributed by atoms with Crippen LogP contribution in [0.1, 0.15) is 139 Å². The van der Waals surface area contributed by atoms with Gasteiger partial charge >= 0.3 is 23.9 Å². The van der Waals surface area contributed by atoms with Crippen LogP contribution >= 0.6 is 0 Å². The topological polar surface area (TPSA) is 105 Å². The van der Waals surface area contributed by atoms with Gasteiger partial charge in [0, 0.05) is 24.8 Å². The third kappa shape index (κ3) is 13.3. The van der Waals surface area contributed by atoms with Crippen molar-refractivity contribution in [3.8, 4) is 17.2 Å². The summed E-state index contributed by atoms with van der Waals surface area (Å²) in [6, 6.07) is 10.6. The molecule has 44 heavy (non-hydrogen) atoms. The Bertz CT molecular complexity index is 1190. The van der Waals surface area contributed by atoms with E-state index in [2.05, 4.69) is 20.8 Å². The minimum Gasteiger partial charge on any atom is -0.457 e. The molecule has 2 aromatic carbocycles. The van der Waals surface area contributed by atoms with Crippen LogP contribution in [0.25, 0.3) is 0 Å². The molecule has 0 atom stereocenters. The summed E-state index contributed by atoms with van der Waals surface area (Å²) < 4.78 is 22.8. The number of esters is 4. The van der Waals surface area contributed by atoms with E-state index in [1.54, 1.807) is 6.92 Å². The molecule has 0 aromatic heterocycles. The maximum absolute atomic E-state index is 13.3. The van der Waals surface area contributed by atoms with Gasteiger partial charge in [0.25, 0.3) is 0 Å². The number of rotatable bonds is 21. The molecule has 0 fully saturated rings. The molecule has 0 N–H and O–H groups in total. The Morgan fingerprint density at radius 3 is 1.57 bits per heavy atom. The molecule has 0 spiro atoms. The highest BCUT2D eigenvalue weighted by molar-refractivity contribution is 5.94. The summed E-state index contributed by atoms with van der Waals surface area (Å²) in [5, 5.41) is 0. The van der Waals surface area contributed by atoms with Crippen molar-refractivity contribution >= 4 is 23.9 Å². The van der Waals surface area contributed by atoms with Gasteiger partial charge in [-0.1, -0.05) is 109 Å². The Balaban J connectivity index is 2.46. The van der Waals surface area contributed by atoms with Crippen molar-refractivity contribution in [2.75, 3.05) is 0 Å². The maximum Gasteiger partial charge on any atom is 0.339 e. The first-order valence-corrected chi connectivity index (χ1v) is 16.3. The molecule has 0 aliphatic rings. The molecule has 0 saturated heterocycles. The number of benzene rings is 2. The van der Waals surface area contributed by atoms with Gasteiger partial charge in [0.2, 0.25) is 5.75 Å². The van der Waals surface area contributed by atoms with Gasteiger partial charge in [-0.25, -0.2) is 4.79 Å². The molecule has 0 bridgehead atoms. The van der Waals surface area contributed by atoms with Crippen molar-refractivity contribution in [3.63, 3.8) is 0 Å². The summed E-state index contributed by atoms with van der Waals surface area (Å²) in [4.78, 5) is 52.1. The van der Waals surface area contributed by atoms with E-state index in [0.29, 0.717) is 19.3 Å². The van der Waals surface area contributed by atoms with Crippen molar-refractivity contribution in [1.82, 2.24) is 0 Å². The smallest absolute Gasteiger partial charge is 0.339 e. The molecule has 0 amide bonds. The fourth-order valence-corrected chi connectivity index (χ4v) is 4.61. The molecular weight excluding hydrogens is 560 g/mol. The third-order valence-electron chi connectivity index (χ3n) is 7.24. The van der Waals surface area contributed by atoms with Gasteiger partial charge in [0.05, 0.1) is 5.56 Å². The Hall–Kier alpha value is -3.68. The van der Waals surface area contributed by atoms with E-state index in [1.807, 2.05) is 30.3 Å². The third-order valence-corrected chi connectivity index (χ3v) is 7.24. The molecule has 0 unspecified atom stereocenters. The van der Waals surface area contributed by atoms with Gasteiger partial charge in [-0.15, -0.1) is 0 Å².